The Morgan fingerprint density at radius 2 is 1.79 bits per heavy atom. The molecule has 1 saturated heterocycles. The number of carbonyl (C=O) groups is 6. The molecule has 7 rings (SSSR count). The maximum absolute atomic E-state index is 14.3. The fourth-order valence-corrected chi connectivity index (χ4v) is 7.63. The van der Waals surface area contributed by atoms with E-state index in [4.69, 9.17) is 0 Å². The van der Waals surface area contributed by atoms with E-state index in [1.54, 1.807) is 30.1 Å². The van der Waals surface area contributed by atoms with Gasteiger partial charge in [0.15, 0.2) is 0 Å². The highest BCUT2D eigenvalue weighted by atomic mass is 32.2. The number of rotatable bonds is 8. The number of H-pyrrole nitrogens is 1. The molecule has 1 fully saturated rings. The van der Waals surface area contributed by atoms with Crippen molar-refractivity contribution in [3.8, 4) is 11.3 Å². The van der Waals surface area contributed by atoms with E-state index in [9.17, 15) is 33.2 Å². The molecule has 1 aromatic heterocycles. The summed E-state index contributed by atoms with van der Waals surface area (Å²) in [5, 5.41) is 5.76. The predicted octanol–water partition coefficient (Wildman–Crippen LogP) is 3.80. The molecule has 6 amide bonds. The molecule has 0 saturated carbocycles. The zero-order valence-corrected chi connectivity index (χ0v) is 26.7. The van der Waals surface area contributed by atoms with Gasteiger partial charge in [0, 0.05) is 60.2 Å². The topological polar surface area (TPSA) is 149 Å². The number of imide groups is 2. The second-order valence-electron chi connectivity index (χ2n) is 12.0. The first kappa shape index (κ1) is 31.3. The molecule has 0 spiro atoms. The third kappa shape index (κ3) is 5.53. The van der Waals surface area contributed by atoms with Gasteiger partial charge in [-0.1, -0.05) is 30.3 Å². The number of halogens is 1. The van der Waals surface area contributed by atoms with Crippen molar-refractivity contribution in [1.29, 1.82) is 0 Å². The summed E-state index contributed by atoms with van der Waals surface area (Å²) < 4.78 is 14.3. The first-order valence-corrected chi connectivity index (χ1v) is 16.5. The Bertz CT molecular complexity index is 2060. The third-order valence-electron chi connectivity index (χ3n) is 8.96. The lowest BCUT2D eigenvalue weighted by atomic mass is 9.99. The Balaban J connectivity index is 0.986. The fourth-order valence-electron chi connectivity index (χ4n) is 6.62. The summed E-state index contributed by atoms with van der Waals surface area (Å²) in [4.78, 5) is 82.4. The molecular weight excluding hydrogens is 637 g/mol. The van der Waals surface area contributed by atoms with Crippen LogP contribution in [0.1, 0.15) is 61.5 Å². The van der Waals surface area contributed by atoms with E-state index in [-0.39, 0.29) is 42.2 Å². The molecule has 3 aromatic carbocycles. The van der Waals surface area contributed by atoms with Gasteiger partial charge in [-0.15, -0.1) is 11.8 Å². The molecule has 11 nitrogen and oxygen atoms in total. The van der Waals surface area contributed by atoms with Crippen LogP contribution in [0.25, 0.3) is 22.2 Å². The first-order valence-electron chi connectivity index (χ1n) is 15.5. The van der Waals surface area contributed by atoms with Crippen molar-refractivity contribution in [2.75, 3.05) is 19.3 Å². The molecular formula is C35H30FN5O6S. The molecule has 1 unspecified atom stereocenters. The van der Waals surface area contributed by atoms with Crippen molar-refractivity contribution in [1.82, 2.24) is 25.4 Å². The van der Waals surface area contributed by atoms with Crippen LogP contribution in [0.15, 0.2) is 59.5 Å². The monoisotopic (exact) mass is 667 g/mol. The summed E-state index contributed by atoms with van der Waals surface area (Å²) in [5.74, 6) is -2.77. The van der Waals surface area contributed by atoms with Crippen molar-refractivity contribution < 1.29 is 33.2 Å². The van der Waals surface area contributed by atoms with Gasteiger partial charge in [-0.3, -0.25) is 39.0 Å². The van der Waals surface area contributed by atoms with Crippen LogP contribution >= 0.6 is 11.8 Å². The number of nitrogens with zero attached hydrogens (tertiary/aromatic N) is 2. The maximum Gasteiger partial charge on any atom is 0.263 e. The lowest BCUT2D eigenvalue weighted by Gasteiger charge is -2.27. The number of carbonyl (C=O) groups excluding carboxylic acids is 6. The number of hydrogen-bond acceptors (Lipinski definition) is 7. The molecule has 4 heterocycles. The molecule has 13 heteroatoms. The fraction of sp³-hybridized carbons (Fsp3) is 0.257. The SMILES string of the molecule is CN(Cc1ccc(-c2[nH]c3cc(F)cc4c3c2CCNC4=O)cc1)C(=O)CCSc1cccc2c1C(=O)N(C1CCC(=O)NC1=O)C2=O. The lowest BCUT2D eigenvalue weighted by molar-refractivity contribution is -0.136. The average molecular weight is 668 g/mol. The molecule has 48 heavy (non-hydrogen) atoms. The molecule has 0 radical (unpaired) electrons. The summed E-state index contributed by atoms with van der Waals surface area (Å²) in [6.07, 6.45) is 0.908. The van der Waals surface area contributed by atoms with Gasteiger partial charge in [0.25, 0.3) is 17.7 Å². The van der Waals surface area contributed by atoms with Crippen LogP contribution in [0.4, 0.5) is 4.39 Å². The summed E-state index contributed by atoms with van der Waals surface area (Å²) in [6.45, 7) is 0.812. The van der Waals surface area contributed by atoms with Crippen molar-refractivity contribution in [3.05, 3.63) is 88.2 Å². The molecule has 244 valence electrons. The second-order valence-corrected chi connectivity index (χ2v) is 13.2. The number of hydrogen-bond donors (Lipinski definition) is 3. The van der Waals surface area contributed by atoms with Crippen LogP contribution in [-0.4, -0.2) is 75.6 Å². The largest absolute Gasteiger partial charge is 0.354 e. The van der Waals surface area contributed by atoms with Crippen LogP contribution in [0.5, 0.6) is 0 Å². The number of aromatic nitrogens is 1. The molecule has 3 N–H and O–H groups in total. The minimum atomic E-state index is -1.04. The Morgan fingerprint density at radius 3 is 2.56 bits per heavy atom. The van der Waals surface area contributed by atoms with Crippen LogP contribution in [0.2, 0.25) is 0 Å². The highest BCUT2D eigenvalue weighted by molar-refractivity contribution is 7.99. The van der Waals surface area contributed by atoms with Gasteiger partial charge in [0.1, 0.15) is 11.9 Å². The predicted molar refractivity (Wildman–Crippen MR) is 175 cm³/mol. The van der Waals surface area contributed by atoms with Gasteiger partial charge in [0.05, 0.1) is 16.7 Å². The Hall–Kier alpha value is -5.30. The lowest BCUT2D eigenvalue weighted by Crippen LogP contribution is -2.54. The quantitative estimate of drug-likeness (QED) is 0.191. The van der Waals surface area contributed by atoms with Gasteiger partial charge in [-0.25, -0.2) is 4.39 Å². The number of nitrogens with one attached hydrogen (secondary N) is 3. The highest BCUT2D eigenvalue weighted by Gasteiger charge is 2.45. The van der Waals surface area contributed by atoms with E-state index in [1.807, 2.05) is 24.3 Å². The molecule has 0 bridgehead atoms. The van der Waals surface area contributed by atoms with E-state index < -0.39 is 35.5 Å². The summed E-state index contributed by atoms with van der Waals surface area (Å²) in [5.41, 5.74) is 4.88. The van der Waals surface area contributed by atoms with E-state index >= 15 is 0 Å². The van der Waals surface area contributed by atoms with Gasteiger partial charge in [-0.2, -0.15) is 0 Å². The van der Waals surface area contributed by atoms with Crippen molar-refractivity contribution >= 4 is 58.1 Å². The van der Waals surface area contributed by atoms with Gasteiger partial charge >= 0.3 is 0 Å². The number of amides is 6. The molecule has 0 aliphatic carbocycles. The summed E-state index contributed by atoms with van der Waals surface area (Å²) >= 11 is 1.29. The van der Waals surface area contributed by atoms with Crippen LogP contribution in [-0.2, 0) is 27.3 Å². The van der Waals surface area contributed by atoms with E-state index in [0.29, 0.717) is 41.2 Å². The van der Waals surface area contributed by atoms with Crippen molar-refractivity contribution in [2.24, 2.45) is 0 Å². The average Bonchev–Trinajstić information content (AvgIpc) is 3.48. The van der Waals surface area contributed by atoms with E-state index in [0.717, 1.165) is 32.7 Å². The molecule has 1 atom stereocenters. The smallest absolute Gasteiger partial charge is 0.263 e. The number of thioether (sulfide) groups is 1. The van der Waals surface area contributed by atoms with Crippen molar-refractivity contribution in [3.63, 3.8) is 0 Å². The second kappa shape index (κ2) is 12.4. The van der Waals surface area contributed by atoms with Crippen LogP contribution < -0.4 is 10.6 Å². The Labute approximate surface area is 278 Å². The highest BCUT2D eigenvalue weighted by Crippen LogP contribution is 2.36. The zero-order valence-electron chi connectivity index (χ0n) is 25.9. The van der Waals surface area contributed by atoms with Gasteiger partial charge in [0.2, 0.25) is 17.7 Å². The number of benzene rings is 3. The molecule has 3 aliphatic rings. The third-order valence-corrected chi connectivity index (χ3v) is 10.0. The maximum atomic E-state index is 14.3. The Morgan fingerprint density at radius 1 is 1.00 bits per heavy atom. The first-order chi connectivity index (χ1) is 23.1. The minimum absolute atomic E-state index is 0.0420. The minimum Gasteiger partial charge on any atom is -0.354 e. The summed E-state index contributed by atoms with van der Waals surface area (Å²) in [7, 11) is 1.71. The van der Waals surface area contributed by atoms with Crippen molar-refractivity contribution in [2.45, 2.75) is 43.2 Å². The van der Waals surface area contributed by atoms with Crippen LogP contribution in [0, 0.1) is 5.82 Å². The number of piperidine rings is 1. The normalized spacial score (nSPS) is 17.3. The van der Waals surface area contributed by atoms with Gasteiger partial charge < -0.3 is 15.2 Å². The van der Waals surface area contributed by atoms with E-state index in [1.165, 1.54) is 23.9 Å². The standard InChI is InChI=1S/C35H30FN5O6S/c1-40(17-18-5-7-19(8-6-18)31-21-11-13-37-32(44)23-15-20(36)16-24(38-31)29(21)23)28(43)12-14-48-26-4-2-3-22-30(26)35(47)41(34(22)46)25-9-10-27(42)39-33(25)45/h2-8,15-16,25,38H,9-14,17H2,1H3,(H,37,44)(H,39,42,45). The van der Waals surface area contributed by atoms with Gasteiger partial charge in [-0.05, 0) is 53.8 Å². The molecule has 4 aromatic rings. The number of fused-ring (bicyclic) bond motifs is 1. The zero-order chi connectivity index (χ0) is 33.7. The van der Waals surface area contributed by atoms with Crippen LogP contribution in [0.3, 0.4) is 0 Å². The summed E-state index contributed by atoms with van der Waals surface area (Å²) in [6, 6.07) is 14.3. The number of aromatic amines is 1. The Kier molecular flexibility index (Phi) is 8.07. The molecule has 3 aliphatic heterocycles. The van der Waals surface area contributed by atoms with E-state index in [2.05, 4.69) is 15.6 Å².